The van der Waals surface area contributed by atoms with Crippen molar-refractivity contribution >= 4 is 0 Å². The smallest absolute Gasteiger partial charge is 0.00388 e. The Bertz CT molecular complexity index is 149. The molecule has 0 spiro atoms. The molecule has 1 saturated heterocycles. The van der Waals surface area contributed by atoms with E-state index in [1.807, 2.05) is 13.8 Å². The second-order valence-electron chi connectivity index (χ2n) is 5.24. The number of piperidine rings is 1. The van der Waals surface area contributed by atoms with E-state index in [1.54, 1.807) is 0 Å². The fraction of sp³-hybridized carbons (Fsp3) is 1.00. The maximum atomic E-state index is 2.60. The quantitative estimate of drug-likeness (QED) is 0.621. The van der Waals surface area contributed by atoms with Crippen LogP contribution >= 0.6 is 0 Å². The Morgan fingerprint density at radius 1 is 1.21 bits per heavy atom. The minimum absolute atomic E-state index is 0.516. The fourth-order valence-electron chi connectivity index (χ4n) is 1.95. The Balaban J connectivity index is 0.000000791. The lowest BCUT2D eigenvalue weighted by molar-refractivity contribution is 0.0453. The zero-order chi connectivity index (χ0) is 11.4. The standard InChI is InChI=1S/C11H23N.C2H6/c1-9(2)12-7-6-10(3)11(4,5)8-12;1-2/h9-10H,6-8H2,1-5H3;1-2H3. The van der Waals surface area contributed by atoms with E-state index in [9.17, 15) is 0 Å². The van der Waals surface area contributed by atoms with Gasteiger partial charge < -0.3 is 4.90 Å². The van der Waals surface area contributed by atoms with Gasteiger partial charge in [0.25, 0.3) is 0 Å². The number of hydrogen-bond donors (Lipinski definition) is 0. The van der Waals surface area contributed by atoms with Crippen LogP contribution in [0.25, 0.3) is 0 Å². The van der Waals surface area contributed by atoms with Gasteiger partial charge in [-0.15, -0.1) is 0 Å². The molecule has 0 aromatic rings. The molecule has 0 bridgehead atoms. The summed E-state index contributed by atoms with van der Waals surface area (Å²) in [5, 5.41) is 0. The van der Waals surface area contributed by atoms with Crippen molar-refractivity contribution in [3.05, 3.63) is 0 Å². The van der Waals surface area contributed by atoms with Crippen LogP contribution in [0.5, 0.6) is 0 Å². The van der Waals surface area contributed by atoms with Crippen molar-refractivity contribution < 1.29 is 0 Å². The Morgan fingerprint density at radius 2 is 1.71 bits per heavy atom. The van der Waals surface area contributed by atoms with Gasteiger partial charge in [-0.05, 0) is 38.1 Å². The molecule has 0 aliphatic carbocycles. The average Bonchev–Trinajstić information content (AvgIpc) is 2.13. The second-order valence-corrected chi connectivity index (χ2v) is 5.24. The van der Waals surface area contributed by atoms with Gasteiger partial charge in [-0.25, -0.2) is 0 Å². The van der Waals surface area contributed by atoms with Crippen molar-refractivity contribution in [3.8, 4) is 0 Å². The highest BCUT2D eigenvalue weighted by molar-refractivity contribution is 4.85. The van der Waals surface area contributed by atoms with Gasteiger partial charge in [-0.1, -0.05) is 34.6 Å². The minimum atomic E-state index is 0.516. The summed E-state index contributed by atoms with van der Waals surface area (Å²) in [5.41, 5.74) is 0.516. The lowest BCUT2D eigenvalue weighted by Gasteiger charge is -2.44. The van der Waals surface area contributed by atoms with Crippen molar-refractivity contribution in [2.45, 2.75) is 60.9 Å². The lowest BCUT2D eigenvalue weighted by Crippen LogP contribution is -2.47. The van der Waals surface area contributed by atoms with Crippen LogP contribution in [0.4, 0.5) is 0 Å². The van der Waals surface area contributed by atoms with Crippen LogP contribution < -0.4 is 0 Å². The molecule has 0 aromatic carbocycles. The summed E-state index contributed by atoms with van der Waals surface area (Å²) in [6.07, 6.45) is 1.37. The first-order valence-electron chi connectivity index (χ1n) is 6.17. The largest absolute Gasteiger partial charge is 0.300 e. The summed E-state index contributed by atoms with van der Waals surface area (Å²) in [6.45, 7) is 18.3. The number of hydrogen-bond acceptors (Lipinski definition) is 1. The molecule has 86 valence electrons. The molecule has 1 aliphatic heterocycles. The SMILES string of the molecule is CC.CC(C)N1CCC(C)C(C)(C)C1. The van der Waals surface area contributed by atoms with Crippen LogP contribution in [0.2, 0.25) is 0 Å². The average molecular weight is 199 g/mol. The van der Waals surface area contributed by atoms with E-state index in [0.29, 0.717) is 5.41 Å². The highest BCUT2D eigenvalue weighted by Gasteiger charge is 2.33. The molecule has 1 unspecified atom stereocenters. The normalized spacial score (nSPS) is 27.0. The fourth-order valence-corrected chi connectivity index (χ4v) is 1.95. The predicted molar refractivity (Wildman–Crippen MR) is 65.6 cm³/mol. The third kappa shape index (κ3) is 3.61. The van der Waals surface area contributed by atoms with Gasteiger partial charge >= 0.3 is 0 Å². The zero-order valence-electron chi connectivity index (χ0n) is 11.2. The molecule has 0 aromatic heterocycles. The van der Waals surface area contributed by atoms with E-state index in [1.165, 1.54) is 19.5 Å². The highest BCUT2D eigenvalue weighted by atomic mass is 15.2. The summed E-state index contributed by atoms with van der Waals surface area (Å²) in [4.78, 5) is 2.60. The molecule has 1 heteroatoms. The van der Waals surface area contributed by atoms with E-state index in [0.717, 1.165) is 12.0 Å². The Labute approximate surface area is 90.9 Å². The molecule has 0 radical (unpaired) electrons. The van der Waals surface area contributed by atoms with Crippen LogP contribution in [0.3, 0.4) is 0 Å². The van der Waals surface area contributed by atoms with Crippen LogP contribution in [0.15, 0.2) is 0 Å². The molecule has 1 atom stereocenters. The molecule has 1 heterocycles. The first-order chi connectivity index (χ1) is 6.43. The Kier molecular flexibility index (Phi) is 5.73. The maximum absolute atomic E-state index is 2.60. The van der Waals surface area contributed by atoms with Crippen LogP contribution in [-0.4, -0.2) is 24.0 Å². The lowest BCUT2D eigenvalue weighted by atomic mass is 9.75. The van der Waals surface area contributed by atoms with Gasteiger partial charge in [0.05, 0.1) is 0 Å². The monoisotopic (exact) mass is 199 g/mol. The number of likely N-dealkylation sites (tertiary alicyclic amines) is 1. The van der Waals surface area contributed by atoms with Gasteiger partial charge in [-0.2, -0.15) is 0 Å². The zero-order valence-corrected chi connectivity index (χ0v) is 11.2. The van der Waals surface area contributed by atoms with Crippen LogP contribution in [-0.2, 0) is 0 Å². The van der Waals surface area contributed by atoms with E-state index < -0.39 is 0 Å². The predicted octanol–water partition coefficient (Wildman–Crippen LogP) is 3.79. The molecule has 1 rings (SSSR count). The van der Waals surface area contributed by atoms with Gasteiger partial charge in [0.1, 0.15) is 0 Å². The van der Waals surface area contributed by atoms with Gasteiger partial charge in [0.2, 0.25) is 0 Å². The summed E-state index contributed by atoms with van der Waals surface area (Å²) >= 11 is 0. The van der Waals surface area contributed by atoms with Crippen molar-refractivity contribution in [2.75, 3.05) is 13.1 Å². The minimum Gasteiger partial charge on any atom is -0.300 e. The first kappa shape index (κ1) is 14.0. The topological polar surface area (TPSA) is 3.24 Å². The third-order valence-electron chi connectivity index (χ3n) is 3.52. The number of rotatable bonds is 1. The molecule has 14 heavy (non-hydrogen) atoms. The summed E-state index contributed by atoms with van der Waals surface area (Å²) in [7, 11) is 0. The summed E-state index contributed by atoms with van der Waals surface area (Å²) in [6, 6.07) is 0.719. The van der Waals surface area contributed by atoms with Gasteiger partial charge in [0.15, 0.2) is 0 Å². The van der Waals surface area contributed by atoms with Crippen molar-refractivity contribution in [2.24, 2.45) is 11.3 Å². The summed E-state index contributed by atoms with van der Waals surface area (Å²) < 4.78 is 0. The van der Waals surface area contributed by atoms with Crippen LogP contribution in [0.1, 0.15) is 54.9 Å². The second kappa shape index (κ2) is 5.75. The molecule has 1 nitrogen and oxygen atoms in total. The van der Waals surface area contributed by atoms with E-state index in [4.69, 9.17) is 0 Å². The first-order valence-corrected chi connectivity index (χ1v) is 6.17. The Hall–Kier alpha value is -0.0400. The van der Waals surface area contributed by atoms with Crippen molar-refractivity contribution in [3.63, 3.8) is 0 Å². The Morgan fingerprint density at radius 3 is 2.07 bits per heavy atom. The molecule has 0 N–H and O–H groups in total. The highest BCUT2D eigenvalue weighted by Crippen LogP contribution is 2.34. The van der Waals surface area contributed by atoms with Crippen LogP contribution in [0, 0.1) is 11.3 Å². The number of nitrogens with zero attached hydrogens (tertiary/aromatic N) is 1. The van der Waals surface area contributed by atoms with Gasteiger partial charge in [0, 0.05) is 12.6 Å². The van der Waals surface area contributed by atoms with Crippen molar-refractivity contribution in [1.82, 2.24) is 4.90 Å². The van der Waals surface area contributed by atoms with E-state index >= 15 is 0 Å². The van der Waals surface area contributed by atoms with Gasteiger partial charge in [-0.3, -0.25) is 0 Å². The summed E-state index contributed by atoms with van der Waals surface area (Å²) in [5.74, 6) is 0.882. The van der Waals surface area contributed by atoms with E-state index in [2.05, 4.69) is 39.5 Å². The third-order valence-corrected chi connectivity index (χ3v) is 3.52. The van der Waals surface area contributed by atoms with E-state index in [-0.39, 0.29) is 0 Å². The molecular formula is C13H29N. The molecule has 1 aliphatic rings. The molecule has 1 fully saturated rings. The van der Waals surface area contributed by atoms with Crippen molar-refractivity contribution in [1.29, 1.82) is 0 Å². The molecular weight excluding hydrogens is 170 g/mol. The maximum Gasteiger partial charge on any atom is 0.00388 e. The molecule has 0 saturated carbocycles. The molecule has 0 amide bonds.